The number of aromatic nitrogens is 3. The maximum absolute atomic E-state index is 10.8. The van der Waals surface area contributed by atoms with Crippen LogP contribution >= 0.6 is 0 Å². The van der Waals surface area contributed by atoms with Gasteiger partial charge >= 0.3 is 0 Å². The number of phenols is 1. The minimum Gasteiger partial charge on any atom is -0.507 e. The van der Waals surface area contributed by atoms with Crippen LogP contribution in [-0.2, 0) is 0 Å². The molecule has 3 aromatic heterocycles. The molecule has 0 aliphatic heterocycles. The monoisotopic (exact) mass is 437 g/mol. The number of rotatable bonds is 2. The Morgan fingerprint density at radius 3 is 2.32 bits per heavy atom. The molecule has 0 bridgehead atoms. The van der Waals surface area contributed by atoms with Gasteiger partial charge in [-0.05, 0) is 47.3 Å². The number of benzene rings is 4. The zero-order valence-electron chi connectivity index (χ0n) is 18.2. The van der Waals surface area contributed by atoms with Gasteiger partial charge in [-0.2, -0.15) is 0 Å². The van der Waals surface area contributed by atoms with E-state index in [0.29, 0.717) is 0 Å². The predicted molar refractivity (Wildman–Crippen MR) is 138 cm³/mol. The first-order valence-corrected chi connectivity index (χ1v) is 11.2. The molecule has 0 unspecified atom stereocenters. The molecule has 3 heterocycles. The van der Waals surface area contributed by atoms with E-state index >= 15 is 0 Å². The Hall–Kier alpha value is -4.70. The molecule has 0 radical (unpaired) electrons. The highest BCUT2D eigenvalue weighted by atomic mass is 16.3. The smallest absolute Gasteiger partial charge is 0.150 e. The molecular weight excluding hydrogens is 418 g/mol. The highest BCUT2D eigenvalue weighted by Crippen LogP contribution is 2.38. The second kappa shape index (κ2) is 7.15. The van der Waals surface area contributed by atoms with Crippen molar-refractivity contribution in [3.05, 3.63) is 109 Å². The quantitative estimate of drug-likeness (QED) is 0.290. The first-order chi connectivity index (χ1) is 16.8. The average molecular weight is 438 g/mol. The molecule has 0 saturated carbocycles. The standard InChI is InChI=1S/C30H19N3O/c34-27-16-7-12-23-22-10-1-2-14-25(22)33-26-15-6-11-21(29(26)32-30(33)28(23)27)19-8-5-9-20(18-19)24-13-3-4-17-31-24/h1-18,34H. The lowest BCUT2D eigenvalue weighted by molar-refractivity contribution is 0.482. The van der Waals surface area contributed by atoms with E-state index in [1.165, 1.54) is 0 Å². The molecule has 34 heavy (non-hydrogen) atoms. The zero-order chi connectivity index (χ0) is 22.6. The fraction of sp³-hybridized carbons (Fsp3) is 0. The Bertz CT molecular complexity index is 1870. The van der Waals surface area contributed by atoms with E-state index in [9.17, 15) is 5.11 Å². The van der Waals surface area contributed by atoms with Gasteiger partial charge < -0.3 is 5.11 Å². The number of nitrogens with zero attached hydrogens (tertiary/aromatic N) is 3. The van der Waals surface area contributed by atoms with Crippen molar-refractivity contribution in [2.24, 2.45) is 0 Å². The van der Waals surface area contributed by atoms with Gasteiger partial charge in [-0.15, -0.1) is 0 Å². The molecule has 7 aromatic rings. The molecule has 0 atom stereocenters. The first-order valence-electron chi connectivity index (χ1n) is 11.2. The maximum Gasteiger partial charge on any atom is 0.150 e. The van der Waals surface area contributed by atoms with E-state index in [1.807, 2.05) is 48.7 Å². The minimum absolute atomic E-state index is 0.238. The van der Waals surface area contributed by atoms with Crippen molar-refractivity contribution >= 4 is 38.4 Å². The van der Waals surface area contributed by atoms with Crippen molar-refractivity contribution in [2.45, 2.75) is 0 Å². The second-order valence-corrected chi connectivity index (χ2v) is 8.46. The van der Waals surface area contributed by atoms with Crippen LogP contribution in [0.25, 0.3) is 60.7 Å². The first kappa shape index (κ1) is 18.8. The zero-order valence-corrected chi connectivity index (χ0v) is 18.2. The Kier molecular flexibility index (Phi) is 3.96. The normalized spacial score (nSPS) is 11.6. The SMILES string of the molecule is Oc1cccc2c3ccccc3n3c4cccc(-c5cccc(-c6ccccn6)c5)c4nc3c12. The van der Waals surface area contributed by atoms with Crippen molar-refractivity contribution < 1.29 is 5.11 Å². The molecule has 160 valence electrons. The lowest BCUT2D eigenvalue weighted by Crippen LogP contribution is -1.91. The lowest BCUT2D eigenvalue weighted by atomic mass is 10.0. The van der Waals surface area contributed by atoms with Crippen LogP contribution in [0, 0.1) is 0 Å². The third-order valence-electron chi connectivity index (χ3n) is 6.52. The van der Waals surface area contributed by atoms with Gasteiger partial charge in [0.1, 0.15) is 11.4 Å². The number of pyridine rings is 2. The van der Waals surface area contributed by atoms with Crippen LogP contribution in [0.15, 0.2) is 109 Å². The number of imidazole rings is 1. The van der Waals surface area contributed by atoms with E-state index < -0.39 is 0 Å². The fourth-order valence-corrected chi connectivity index (χ4v) is 5.02. The van der Waals surface area contributed by atoms with Gasteiger partial charge in [0.15, 0.2) is 0 Å². The number of hydrogen-bond acceptors (Lipinski definition) is 3. The van der Waals surface area contributed by atoms with Gasteiger partial charge in [-0.1, -0.05) is 66.7 Å². The molecule has 4 heteroatoms. The third-order valence-corrected chi connectivity index (χ3v) is 6.52. The van der Waals surface area contributed by atoms with Crippen molar-refractivity contribution in [2.75, 3.05) is 0 Å². The summed E-state index contributed by atoms with van der Waals surface area (Å²) in [7, 11) is 0. The van der Waals surface area contributed by atoms with Crippen LogP contribution in [-0.4, -0.2) is 19.5 Å². The maximum atomic E-state index is 10.8. The minimum atomic E-state index is 0.238. The second-order valence-electron chi connectivity index (χ2n) is 8.46. The van der Waals surface area contributed by atoms with Gasteiger partial charge in [0.25, 0.3) is 0 Å². The number of aromatic hydroxyl groups is 1. The summed E-state index contributed by atoms with van der Waals surface area (Å²) in [6.07, 6.45) is 1.81. The summed E-state index contributed by atoms with van der Waals surface area (Å²) in [5, 5.41) is 13.7. The molecular formula is C30H19N3O. The van der Waals surface area contributed by atoms with Gasteiger partial charge in [0.05, 0.1) is 27.6 Å². The molecule has 4 nitrogen and oxygen atoms in total. The summed E-state index contributed by atoms with van der Waals surface area (Å²) in [6, 6.07) is 34.6. The van der Waals surface area contributed by atoms with Crippen LogP contribution in [0.2, 0.25) is 0 Å². The Labute approximate surface area is 195 Å². The van der Waals surface area contributed by atoms with Crippen LogP contribution in [0.3, 0.4) is 0 Å². The van der Waals surface area contributed by atoms with Crippen molar-refractivity contribution in [3.8, 4) is 28.1 Å². The van der Waals surface area contributed by atoms with Crippen molar-refractivity contribution in [1.82, 2.24) is 14.4 Å². The summed E-state index contributed by atoms with van der Waals surface area (Å²) in [4.78, 5) is 9.63. The lowest BCUT2D eigenvalue weighted by Gasteiger charge is -2.10. The fourth-order valence-electron chi connectivity index (χ4n) is 5.02. The molecule has 0 aliphatic carbocycles. The number of fused-ring (bicyclic) bond motifs is 8. The van der Waals surface area contributed by atoms with E-state index in [0.717, 1.165) is 60.7 Å². The molecule has 0 amide bonds. The molecule has 0 spiro atoms. The topological polar surface area (TPSA) is 50.4 Å². The van der Waals surface area contributed by atoms with Gasteiger partial charge in [-0.3, -0.25) is 9.38 Å². The van der Waals surface area contributed by atoms with Crippen LogP contribution < -0.4 is 0 Å². The van der Waals surface area contributed by atoms with Crippen molar-refractivity contribution in [1.29, 1.82) is 0 Å². The van der Waals surface area contributed by atoms with Gasteiger partial charge in [0, 0.05) is 22.7 Å². The van der Waals surface area contributed by atoms with Gasteiger partial charge in [0.2, 0.25) is 0 Å². The van der Waals surface area contributed by atoms with Crippen LogP contribution in [0.4, 0.5) is 0 Å². The van der Waals surface area contributed by atoms with E-state index in [1.54, 1.807) is 6.07 Å². The number of phenolic OH excluding ortho intramolecular Hbond substituents is 1. The molecule has 1 N–H and O–H groups in total. The Morgan fingerprint density at radius 2 is 1.41 bits per heavy atom. The van der Waals surface area contributed by atoms with E-state index in [4.69, 9.17) is 4.98 Å². The molecule has 0 saturated heterocycles. The molecule has 0 aliphatic rings. The summed E-state index contributed by atoms with van der Waals surface area (Å²) in [5.41, 5.74) is 7.87. The summed E-state index contributed by atoms with van der Waals surface area (Å²) in [6.45, 7) is 0. The summed E-state index contributed by atoms with van der Waals surface area (Å²) < 4.78 is 2.17. The molecule has 4 aromatic carbocycles. The van der Waals surface area contributed by atoms with E-state index in [-0.39, 0.29) is 5.75 Å². The molecule has 0 fully saturated rings. The third kappa shape index (κ3) is 2.66. The summed E-state index contributed by atoms with van der Waals surface area (Å²) in [5.74, 6) is 0.238. The largest absolute Gasteiger partial charge is 0.507 e. The van der Waals surface area contributed by atoms with E-state index in [2.05, 4.69) is 64.0 Å². The number of hydrogen-bond donors (Lipinski definition) is 1. The Balaban J connectivity index is 1.59. The van der Waals surface area contributed by atoms with Crippen LogP contribution in [0.5, 0.6) is 5.75 Å². The van der Waals surface area contributed by atoms with Gasteiger partial charge in [-0.25, -0.2) is 4.98 Å². The summed E-state index contributed by atoms with van der Waals surface area (Å²) >= 11 is 0. The molecule has 7 rings (SSSR count). The highest BCUT2D eigenvalue weighted by Gasteiger charge is 2.18. The van der Waals surface area contributed by atoms with Crippen LogP contribution in [0.1, 0.15) is 0 Å². The average Bonchev–Trinajstić information content (AvgIpc) is 3.29. The highest BCUT2D eigenvalue weighted by molar-refractivity contribution is 6.16. The Morgan fingerprint density at radius 1 is 0.647 bits per heavy atom. The number of para-hydroxylation sites is 2. The predicted octanol–water partition coefficient (Wildman–Crippen LogP) is 7.23. The van der Waals surface area contributed by atoms with Crippen molar-refractivity contribution in [3.63, 3.8) is 0 Å².